The first kappa shape index (κ1) is 12.1. The predicted octanol–water partition coefficient (Wildman–Crippen LogP) is -3.78. The summed E-state index contributed by atoms with van der Waals surface area (Å²) in [5, 5.41) is 0. The maximum atomic E-state index is 10.2. The molecule has 0 spiro atoms. The summed E-state index contributed by atoms with van der Waals surface area (Å²) in [4.78, 5) is 12.4. The number of halogens is 1. The molecule has 0 heterocycles. The molecule has 0 saturated heterocycles. The summed E-state index contributed by atoms with van der Waals surface area (Å²) in [5.41, 5.74) is 4.85. The molecule has 5 heteroatoms. The fourth-order valence-corrected chi connectivity index (χ4v) is 1.28. The van der Waals surface area contributed by atoms with Crippen LogP contribution in [0.5, 0.6) is 0 Å². The van der Waals surface area contributed by atoms with Crippen molar-refractivity contribution in [1.29, 1.82) is 0 Å². The number of hydrogen-bond acceptors (Lipinski definition) is 3. The first-order valence-electron chi connectivity index (χ1n) is 3.65. The van der Waals surface area contributed by atoms with Crippen molar-refractivity contribution in [3.05, 3.63) is 0 Å². The van der Waals surface area contributed by atoms with Crippen LogP contribution < -0.4 is 26.9 Å². The van der Waals surface area contributed by atoms with E-state index in [0.717, 1.165) is 6.61 Å². The van der Waals surface area contributed by atoms with E-state index in [4.69, 9.17) is 15.2 Å². The summed E-state index contributed by atoms with van der Waals surface area (Å²) < 4.78 is 11.3. The monoisotopic (exact) mass is 288 g/mol. The third kappa shape index (κ3) is 10.1. The van der Waals surface area contributed by atoms with Crippen LogP contribution in [0.3, 0.4) is 0 Å². The van der Waals surface area contributed by atoms with Crippen LogP contribution in [-0.2, 0) is 14.3 Å². The first-order valence-corrected chi connectivity index (χ1v) is 7.33. The Hall–Kier alpha value is 0.120. The van der Waals surface area contributed by atoms with Crippen molar-refractivity contribution in [1.82, 2.24) is 0 Å². The molecule has 0 aliphatic heterocycles. The Morgan fingerprint density at radius 3 is 2.58 bits per heavy atom. The second-order valence-electron chi connectivity index (χ2n) is 2.09. The zero-order valence-electron chi connectivity index (χ0n) is 7.22. The number of hydrogen-bond donors (Lipinski definition) is 1. The zero-order valence-corrected chi connectivity index (χ0v) is 9.37. The molecule has 0 aliphatic carbocycles. The van der Waals surface area contributed by atoms with Crippen molar-refractivity contribution >= 4 is 5.91 Å². The molecule has 1 amide bonds. The average molecular weight is 288 g/mol. The van der Waals surface area contributed by atoms with Crippen LogP contribution in [0.4, 0.5) is 0 Å². The van der Waals surface area contributed by atoms with Crippen LogP contribution >= 0.6 is 0 Å². The molecular formula is C7H15INO3-. The number of rotatable bonds is 8. The number of carbonyl (C=O) groups excluding carboxylic acids is 1. The second-order valence-corrected chi connectivity index (χ2v) is 4.69. The number of carbonyl (C=O) groups is 1. The van der Waals surface area contributed by atoms with Gasteiger partial charge in [-0.2, -0.15) is 0 Å². The van der Waals surface area contributed by atoms with Gasteiger partial charge >= 0.3 is 82.9 Å². The van der Waals surface area contributed by atoms with E-state index in [1.54, 1.807) is 0 Å². The Morgan fingerprint density at radius 1 is 1.33 bits per heavy atom. The van der Waals surface area contributed by atoms with Crippen molar-refractivity contribution in [2.75, 3.05) is 35.8 Å². The van der Waals surface area contributed by atoms with Crippen LogP contribution in [0.1, 0.15) is 0 Å². The molecule has 74 valence electrons. The maximum absolute atomic E-state index is 10.2. The van der Waals surface area contributed by atoms with Gasteiger partial charge in [0, 0.05) is 0 Å². The average Bonchev–Trinajstić information content (AvgIpc) is 2.02. The molecule has 12 heavy (non-hydrogen) atoms. The van der Waals surface area contributed by atoms with E-state index in [2.05, 4.69) is 4.93 Å². The van der Waals surface area contributed by atoms with Crippen LogP contribution in [-0.4, -0.2) is 41.7 Å². The van der Waals surface area contributed by atoms with Crippen LogP contribution in [0.25, 0.3) is 0 Å². The SMILES string of the molecule is C[I-]CCOCCOCC(N)=O. The van der Waals surface area contributed by atoms with Gasteiger partial charge in [0.1, 0.15) is 0 Å². The number of primary amides is 1. The van der Waals surface area contributed by atoms with E-state index in [-0.39, 0.29) is 6.61 Å². The summed E-state index contributed by atoms with van der Waals surface area (Å²) in [6.07, 6.45) is 0. The van der Waals surface area contributed by atoms with Gasteiger partial charge in [-0.1, -0.05) is 0 Å². The van der Waals surface area contributed by atoms with Gasteiger partial charge < -0.3 is 0 Å². The van der Waals surface area contributed by atoms with Crippen molar-refractivity contribution in [3.63, 3.8) is 0 Å². The van der Waals surface area contributed by atoms with Crippen molar-refractivity contribution in [2.45, 2.75) is 0 Å². The van der Waals surface area contributed by atoms with Crippen LogP contribution in [0.2, 0.25) is 0 Å². The van der Waals surface area contributed by atoms with Gasteiger partial charge in [-0.05, 0) is 0 Å². The fraction of sp³-hybridized carbons (Fsp3) is 0.857. The molecule has 0 atom stereocenters. The Kier molecular flexibility index (Phi) is 9.30. The van der Waals surface area contributed by atoms with E-state index < -0.39 is 5.91 Å². The Bertz CT molecular complexity index is 121. The fourth-order valence-electron chi connectivity index (χ4n) is 0.524. The normalized spacial score (nSPS) is 10.4. The summed E-state index contributed by atoms with van der Waals surface area (Å²) in [5.74, 6) is -0.436. The topological polar surface area (TPSA) is 61.6 Å². The summed E-state index contributed by atoms with van der Waals surface area (Å²) in [6.45, 7) is 1.80. The van der Waals surface area contributed by atoms with Gasteiger partial charge in [0.25, 0.3) is 0 Å². The summed E-state index contributed by atoms with van der Waals surface area (Å²) >= 11 is 0.331. The molecule has 0 aromatic rings. The van der Waals surface area contributed by atoms with Gasteiger partial charge in [0.05, 0.1) is 0 Å². The molecule has 0 unspecified atom stereocenters. The molecule has 0 fully saturated rings. The van der Waals surface area contributed by atoms with Gasteiger partial charge in [0.2, 0.25) is 0 Å². The number of nitrogens with two attached hydrogens (primary N) is 1. The third-order valence-corrected chi connectivity index (χ3v) is 2.55. The minimum atomic E-state index is -0.436. The zero-order chi connectivity index (χ0) is 9.23. The van der Waals surface area contributed by atoms with E-state index in [9.17, 15) is 4.79 Å². The Balaban J connectivity index is 2.86. The first-order chi connectivity index (χ1) is 5.77. The van der Waals surface area contributed by atoms with E-state index in [0.29, 0.717) is 34.4 Å². The van der Waals surface area contributed by atoms with Crippen molar-refractivity contribution in [3.8, 4) is 0 Å². The van der Waals surface area contributed by atoms with Crippen molar-refractivity contribution in [2.24, 2.45) is 5.73 Å². The Labute approximate surface area is 83.0 Å². The van der Waals surface area contributed by atoms with E-state index in [1.807, 2.05) is 0 Å². The number of amides is 1. The van der Waals surface area contributed by atoms with E-state index in [1.165, 1.54) is 4.43 Å². The second kappa shape index (κ2) is 9.21. The molecule has 4 nitrogen and oxygen atoms in total. The molecule has 0 rings (SSSR count). The molecule has 0 aliphatic rings. The molecule has 0 bridgehead atoms. The van der Waals surface area contributed by atoms with Gasteiger partial charge in [-0.15, -0.1) is 0 Å². The predicted molar refractivity (Wildman–Crippen MR) is 41.6 cm³/mol. The molecule has 2 N–H and O–H groups in total. The standard InChI is InChI=1S/C7H15INO3/c1-8-2-3-11-4-5-12-6-7(9)10/h2-6H2,1H3,(H2,9,10)/q-1. The third-order valence-electron chi connectivity index (χ3n) is 1.03. The van der Waals surface area contributed by atoms with Gasteiger partial charge in [-0.3, -0.25) is 0 Å². The van der Waals surface area contributed by atoms with Crippen molar-refractivity contribution < 1.29 is 35.5 Å². The minimum absolute atomic E-state index is 0.00985. The molecular weight excluding hydrogens is 273 g/mol. The Morgan fingerprint density at radius 2 is 2.00 bits per heavy atom. The quantitative estimate of drug-likeness (QED) is 0.283. The van der Waals surface area contributed by atoms with Crippen LogP contribution in [0.15, 0.2) is 0 Å². The number of alkyl halides is 2. The number of ether oxygens (including phenoxy) is 2. The molecule has 0 aromatic carbocycles. The molecule has 0 saturated carbocycles. The molecule has 0 radical (unpaired) electrons. The van der Waals surface area contributed by atoms with E-state index >= 15 is 0 Å². The van der Waals surface area contributed by atoms with Gasteiger partial charge in [0.15, 0.2) is 0 Å². The summed E-state index contributed by atoms with van der Waals surface area (Å²) in [6, 6.07) is 0. The molecule has 0 aromatic heterocycles. The summed E-state index contributed by atoms with van der Waals surface area (Å²) in [7, 11) is 0. The van der Waals surface area contributed by atoms with Crippen LogP contribution in [0, 0.1) is 0 Å². The van der Waals surface area contributed by atoms with Gasteiger partial charge in [-0.25, -0.2) is 0 Å².